The number of carboxylic acid groups (broad SMARTS) is 1. The molecule has 1 aliphatic carbocycles. The number of sulfonamides is 1. The summed E-state index contributed by atoms with van der Waals surface area (Å²) in [7, 11) is -3.85. The van der Waals surface area contributed by atoms with Gasteiger partial charge in [-0.2, -0.15) is 4.31 Å². The maximum atomic E-state index is 12.7. The largest absolute Gasteiger partial charge is 0.480 e. The molecule has 1 saturated heterocycles. The standard InChI is InChI=1S/C11H15N3O4S2/c1-6-12-4-9(13-6)20(17,18)14-8(11(15)16)5-19-10(14)7-2-3-7/h4,7-8,10H,2-3,5H2,1H3,(H,12,13)(H,15,16). The summed E-state index contributed by atoms with van der Waals surface area (Å²) in [6, 6.07) is -1.00. The number of hydrogen-bond acceptors (Lipinski definition) is 5. The number of nitrogens with zero attached hydrogens (tertiary/aromatic N) is 2. The molecule has 9 heteroatoms. The van der Waals surface area contributed by atoms with Gasteiger partial charge in [0.1, 0.15) is 11.9 Å². The van der Waals surface area contributed by atoms with E-state index in [-0.39, 0.29) is 16.3 Å². The second kappa shape index (κ2) is 4.74. The molecule has 1 aliphatic heterocycles. The van der Waals surface area contributed by atoms with Gasteiger partial charge in [0.05, 0.1) is 11.6 Å². The van der Waals surface area contributed by atoms with Crippen LogP contribution in [-0.2, 0) is 14.8 Å². The van der Waals surface area contributed by atoms with E-state index in [9.17, 15) is 18.3 Å². The van der Waals surface area contributed by atoms with Crippen molar-refractivity contribution in [1.82, 2.24) is 14.3 Å². The second-order valence-electron chi connectivity index (χ2n) is 5.08. The highest BCUT2D eigenvalue weighted by Crippen LogP contribution is 2.47. The normalized spacial score (nSPS) is 27.9. The SMILES string of the molecule is Cc1ncc(S(=O)(=O)N2C(C(=O)O)CSC2C2CC2)[nH]1. The van der Waals surface area contributed by atoms with Crippen LogP contribution in [0, 0.1) is 12.8 Å². The molecule has 0 amide bonds. The quantitative estimate of drug-likeness (QED) is 0.845. The van der Waals surface area contributed by atoms with Crippen LogP contribution in [0.1, 0.15) is 18.7 Å². The lowest BCUT2D eigenvalue weighted by atomic mass is 10.3. The molecule has 0 bridgehead atoms. The number of rotatable bonds is 4. The summed E-state index contributed by atoms with van der Waals surface area (Å²) in [5, 5.41) is 8.97. The van der Waals surface area contributed by atoms with Crippen LogP contribution in [0.5, 0.6) is 0 Å². The van der Waals surface area contributed by atoms with E-state index in [1.807, 2.05) is 0 Å². The average Bonchev–Trinajstić information content (AvgIpc) is 2.95. The maximum absolute atomic E-state index is 12.7. The van der Waals surface area contributed by atoms with Crippen LogP contribution in [0.4, 0.5) is 0 Å². The second-order valence-corrected chi connectivity index (χ2v) is 8.04. The number of aromatic nitrogens is 2. The van der Waals surface area contributed by atoms with Gasteiger partial charge in [-0.05, 0) is 25.7 Å². The Labute approximate surface area is 120 Å². The minimum Gasteiger partial charge on any atom is -0.480 e. The number of H-pyrrole nitrogens is 1. The summed E-state index contributed by atoms with van der Waals surface area (Å²) < 4.78 is 26.5. The highest BCUT2D eigenvalue weighted by molar-refractivity contribution is 8.01. The summed E-state index contributed by atoms with van der Waals surface area (Å²) >= 11 is 1.42. The zero-order chi connectivity index (χ0) is 14.5. The van der Waals surface area contributed by atoms with Gasteiger partial charge in [-0.3, -0.25) is 4.79 Å². The highest BCUT2D eigenvalue weighted by Gasteiger charge is 2.51. The van der Waals surface area contributed by atoms with Crippen molar-refractivity contribution in [2.75, 3.05) is 5.75 Å². The molecule has 2 fully saturated rings. The van der Waals surface area contributed by atoms with Crippen LogP contribution in [0.3, 0.4) is 0 Å². The molecule has 7 nitrogen and oxygen atoms in total. The zero-order valence-corrected chi connectivity index (χ0v) is 12.4. The molecule has 2 aliphatic rings. The van der Waals surface area contributed by atoms with E-state index in [0.717, 1.165) is 17.1 Å². The molecule has 1 aromatic rings. The number of aliphatic carboxylic acids is 1. The molecule has 2 N–H and O–H groups in total. The van der Waals surface area contributed by atoms with Crippen molar-refractivity contribution in [2.24, 2.45) is 5.92 Å². The summed E-state index contributed by atoms with van der Waals surface area (Å²) in [4.78, 5) is 17.9. The number of carboxylic acids is 1. The topological polar surface area (TPSA) is 103 Å². The van der Waals surface area contributed by atoms with Crippen molar-refractivity contribution < 1.29 is 18.3 Å². The molecule has 0 radical (unpaired) electrons. The number of aromatic amines is 1. The van der Waals surface area contributed by atoms with Crippen LogP contribution in [0.15, 0.2) is 11.2 Å². The first-order valence-electron chi connectivity index (χ1n) is 6.31. The van der Waals surface area contributed by atoms with Crippen LogP contribution >= 0.6 is 11.8 Å². The molecule has 1 aromatic heterocycles. The molecule has 2 heterocycles. The van der Waals surface area contributed by atoms with Crippen LogP contribution in [0.25, 0.3) is 0 Å². The molecule has 0 spiro atoms. The van der Waals surface area contributed by atoms with Crippen molar-refractivity contribution in [3.8, 4) is 0 Å². The van der Waals surface area contributed by atoms with E-state index >= 15 is 0 Å². The predicted molar refractivity (Wildman–Crippen MR) is 72.7 cm³/mol. The van der Waals surface area contributed by atoms with E-state index < -0.39 is 22.0 Å². The van der Waals surface area contributed by atoms with Crippen molar-refractivity contribution in [2.45, 2.75) is 36.2 Å². The summed E-state index contributed by atoms with van der Waals surface area (Å²) in [6.45, 7) is 1.66. The minimum atomic E-state index is -3.85. The number of aryl methyl sites for hydroxylation is 1. The van der Waals surface area contributed by atoms with Gasteiger partial charge in [-0.15, -0.1) is 11.8 Å². The predicted octanol–water partition coefficient (Wildman–Crippen LogP) is 0.645. The smallest absolute Gasteiger partial charge is 0.322 e. The van der Waals surface area contributed by atoms with Crippen molar-refractivity contribution >= 4 is 27.8 Å². The molecule has 2 atom stereocenters. The van der Waals surface area contributed by atoms with Gasteiger partial charge < -0.3 is 10.1 Å². The van der Waals surface area contributed by atoms with Gasteiger partial charge in [0, 0.05) is 5.75 Å². The first kappa shape index (κ1) is 13.9. The highest BCUT2D eigenvalue weighted by atomic mass is 32.2. The molecule has 3 rings (SSSR count). The van der Waals surface area contributed by atoms with E-state index in [1.54, 1.807) is 6.92 Å². The third-order valence-corrected chi connectivity index (χ3v) is 6.92. The summed E-state index contributed by atoms with van der Waals surface area (Å²) in [6.07, 6.45) is 3.16. The Bertz CT molecular complexity index is 638. The van der Waals surface area contributed by atoms with Crippen molar-refractivity contribution in [3.05, 3.63) is 12.0 Å². The molecule has 110 valence electrons. The third-order valence-electron chi connectivity index (χ3n) is 3.53. The molecular weight excluding hydrogens is 302 g/mol. The van der Waals surface area contributed by atoms with Crippen LogP contribution < -0.4 is 0 Å². The monoisotopic (exact) mass is 317 g/mol. The van der Waals surface area contributed by atoms with Gasteiger partial charge in [0.25, 0.3) is 10.0 Å². The minimum absolute atomic E-state index is 0.0330. The Kier molecular flexibility index (Phi) is 3.30. The number of thioether (sulfide) groups is 1. The molecule has 0 aromatic carbocycles. The Morgan fingerprint density at radius 1 is 1.55 bits per heavy atom. The Hall–Kier alpha value is -1.06. The zero-order valence-electron chi connectivity index (χ0n) is 10.8. The van der Waals surface area contributed by atoms with E-state index in [2.05, 4.69) is 9.97 Å². The Morgan fingerprint density at radius 3 is 2.75 bits per heavy atom. The van der Waals surface area contributed by atoms with Crippen LogP contribution in [0.2, 0.25) is 0 Å². The molecule has 20 heavy (non-hydrogen) atoms. The fourth-order valence-corrected chi connectivity index (χ4v) is 6.14. The van der Waals surface area contributed by atoms with Gasteiger partial charge in [0.15, 0.2) is 5.03 Å². The number of hydrogen-bond donors (Lipinski definition) is 2. The van der Waals surface area contributed by atoms with Gasteiger partial charge in [-0.25, -0.2) is 13.4 Å². The van der Waals surface area contributed by atoms with Gasteiger partial charge >= 0.3 is 5.97 Å². The van der Waals surface area contributed by atoms with E-state index in [4.69, 9.17) is 0 Å². The molecular formula is C11H15N3O4S2. The third kappa shape index (κ3) is 2.23. The average molecular weight is 317 g/mol. The number of nitrogens with one attached hydrogen (secondary N) is 1. The lowest BCUT2D eigenvalue weighted by molar-refractivity contribution is -0.140. The first-order valence-corrected chi connectivity index (χ1v) is 8.79. The van der Waals surface area contributed by atoms with Crippen molar-refractivity contribution in [1.29, 1.82) is 0 Å². The number of imidazole rings is 1. The first-order chi connectivity index (χ1) is 9.41. The molecule has 1 saturated carbocycles. The summed E-state index contributed by atoms with van der Waals surface area (Å²) in [5.41, 5.74) is 0. The summed E-state index contributed by atoms with van der Waals surface area (Å²) in [5.74, 6) is -0.0445. The number of carbonyl (C=O) groups is 1. The van der Waals surface area contributed by atoms with E-state index in [1.165, 1.54) is 18.0 Å². The van der Waals surface area contributed by atoms with Crippen LogP contribution in [-0.4, -0.2) is 50.9 Å². The Balaban J connectivity index is 2.00. The van der Waals surface area contributed by atoms with E-state index in [0.29, 0.717) is 11.6 Å². The lowest BCUT2D eigenvalue weighted by Crippen LogP contribution is -2.46. The fourth-order valence-electron chi connectivity index (χ4n) is 2.37. The van der Waals surface area contributed by atoms with Gasteiger partial charge in [-0.1, -0.05) is 0 Å². The van der Waals surface area contributed by atoms with Gasteiger partial charge in [0.2, 0.25) is 0 Å². The molecule has 2 unspecified atom stereocenters. The lowest BCUT2D eigenvalue weighted by Gasteiger charge is -2.25. The maximum Gasteiger partial charge on any atom is 0.322 e. The Morgan fingerprint density at radius 2 is 2.25 bits per heavy atom. The fraction of sp³-hybridized carbons (Fsp3) is 0.636. The van der Waals surface area contributed by atoms with Crippen molar-refractivity contribution in [3.63, 3.8) is 0 Å².